The molecule has 0 spiro atoms. The monoisotopic (exact) mass is 304 g/mol. The zero-order valence-electron chi connectivity index (χ0n) is 12.9. The number of benzene rings is 2. The van der Waals surface area contributed by atoms with Gasteiger partial charge in [-0.1, -0.05) is 36.4 Å². The molecule has 0 saturated heterocycles. The molecular formula is C19H20N4. The van der Waals surface area contributed by atoms with Crippen LogP contribution in [0.5, 0.6) is 0 Å². The molecule has 5 N–H and O–H groups in total. The Labute approximate surface area is 135 Å². The number of hydrogen-bond donors (Lipinski definition) is 4. The fourth-order valence-corrected chi connectivity index (χ4v) is 3.19. The number of nitrogens with one attached hydrogen (secondary N) is 3. The maximum atomic E-state index is 5.58. The van der Waals surface area contributed by atoms with Gasteiger partial charge in [0.25, 0.3) is 0 Å². The molecule has 1 aliphatic heterocycles. The van der Waals surface area contributed by atoms with Gasteiger partial charge in [0.2, 0.25) is 0 Å². The highest BCUT2D eigenvalue weighted by molar-refractivity contribution is 6.03. The van der Waals surface area contributed by atoms with E-state index < -0.39 is 0 Å². The molecule has 2 aromatic carbocycles. The molecule has 4 rings (SSSR count). The zero-order valence-corrected chi connectivity index (χ0v) is 12.9. The van der Waals surface area contributed by atoms with Crippen molar-refractivity contribution in [2.75, 3.05) is 30.3 Å². The normalized spacial score (nSPS) is 13.3. The first kappa shape index (κ1) is 13.9. The lowest BCUT2D eigenvalue weighted by molar-refractivity contribution is 1.02. The van der Waals surface area contributed by atoms with E-state index in [1.54, 1.807) is 0 Å². The van der Waals surface area contributed by atoms with Gasteiger partial charge in [0.1, 0.15) is 5.82 Å². The predicted octanol–water partition coefficient (Wildman–Crippen LogP) is 3.40. The Bertz CT molecular complexity index is 876. The van der Waals surface area contributed by atoms with Gasteiger partial charge in [0.15, 0.2) is 0 Å². The summed E-state index contributed by atoms with van der Waals surface area (Å²) in [5, 5.41) is 8.04. The Balaban J connectivity index is 1.80. The lowest BCUT2D eigenvalue weighted by atomic mass is 9.94. The maximum absolute atomic E-state index is 5.58. The summed E-state index contributed by atoms with van der Waals surface area (Å²) in [6, 6.07) is 17.0. The van der Waals surface area contributed by atoms with E-state index in [2.05, 4.69) is 70.2 Å². The van der Waals surface area contributed by atoms with Gasteiger partial charge in [-0.2, -0.15) is 0 Å². The highest BCUT2D eigenvalue weighted by Gasteiger charge is 2.19. The Kier molecular flexibility index (Phi) is 3.52. The van der Waals surface area contributed by atoms with Gasteiger partial charge in [0, 0.05) is 41.8 Å². The number of aromatic nitrogens is 1. The van der Waals surface area contributed by atoms with Gasteiger partial charge >= 0.3 is 0 Å². The van der Waals surface area contributed by atoms with E-state index in [-0.39, 0.29) is 0 Å². The molecule has 0 amide bonds. The third-order valence-corrected chi connectivity index (χ3v) is 4.21. The molecule has 0 atom stereocenters. The van der Waals surface area contributed by atoms with Crippen LogP contribution in [0.25, 0.3) is 16.5 Å². The average Bonchev–Trinajstić information content (AvgIpc) is 2.99. The van der Waals surface area contributed by atoms with Crippen LogP contribution in [0, 0.1) is 0 Å². The number of H-pyrrole nitrogens is 1. The van der Waals surface area contributed by atoms with E-state index >= 15 is 0 Å². The van der Waals surface area contributed by atoms with Crippen LogP contribution in [0.3, 0.4) is 0 Å². The Morgan fingerprint density at radius 3 is 2.91 bits per heavy atom. The summed E-state index contributed by atoms with van der Waals surface area (Å²) in [6.45, 7) is 2.24. The molecule has 4 heteroatoms. The average molecular weight is 304 g/mol. The van der Waals surface area contributed by atoms with Crippen molar-refractivity contribution in [3.05, 3.63) is 65.7 Å². The van der Waals surface area contributed by atoms with Crippen LogP contribution in [-0.2, 0) is 0 Å². The van der Waals surface area contributed by atoms with Gasteiger partial charge in [-0.3, -0.25) is 0 Å². The van der Waals surface area contributed by atoms with E-state index in [9.17, 15) is 0 Å². The summed E-state index contributed by atoms with van der Waals surface area (Å²) in [5.74, 6) is 1.10. The van der Waals surface area contributed by atoms with Crippen LogP contribution in [-0.4, -0.2) is 24.6 Å². The largest absolute Gasteiger partial charge is 0.384 e. The lowest BCUT2D eigenvalue weighted by Gasteiger charge is -2.17. The molecule has 4 nitrogen and oxygen atoms in total. The molecule has 0 bridgehead atoms. The number of fused-ring (bicyclic) bond motifs is 3. The molecule has 0 radical (unpaired) electrons. The van der Waals surface area contributed by atoms with Crippen molar-refractivity contribution in [3.8, 4) is 0 Å². The summed E-state index contributed by atoms with van der Waals surface area (Å²) < 4.78 is 0. The van der Waals surface area contributed by atoms with Gasteiger partial charge < -0.3 is 21.4 Å². The van der Waals surface area contributed by atoms with Crippen molar-refractivity contribution in [2.45, 2.75) is 0 Å². The van der Waals surface area contributed by atoms with Crippen LogP contribution in [0.15, 0.2) is 54.6 Å². The first-order valence-corrected chi connectivity index (χ1v) is 7.96. The minimum absolute atomic E-state index is 0.628. The van der Waals surface area contributed by atoms with E-state index in [1.165, 1.54) is 22.1 Å². The summed E-state index contributed by atoms with van der Waals surface area (Å²) >= 11 is 0. The highest BCUT2D eigenvalue weighted by atomic mass is 15.0. The maximum Gasteiger partial charge on any atom is 0.112 e. The smallest absolute Gasteiger partial charge is 0.112 e. The Morgan fingerprint density at radius 2 is 2.00 bits per heavy atom. The molecule has 0 saturated carbocycles. The topological polar surface area (TPSA) is 65.9 Å². The summed E-state index contributed by atoms with van der Waals surface area (Å²) in [5.41, 5.74) is 11.6. The molecule has 2 heterocycles. The van der Waals surface area contributed by atoms with Crippen LogP contribution in [0.1, 0.15) is 11.1 Å². The number of para-hydroxylation sites is 1. The van der Waals surface area contributed by atoms with Crippen LogP contribution in [0.4, 0.5) is 11.5 Å². The van der Waals surface area contributed by atoms with Crippen molar-refractivity contribution in [3.63, 3.8) is 0 Å². The fourth-order valence-electron chi connectivity index (χ4n) is 3.19. The number of aromatic amines is 1. The SMILES string of the molecule is NCCNc1cccc(C2=CCNc3[nH]c4ccccc4c32)c1. The molecule has 0 fully saturated rings. The third kappa shape index (κ3) is 2.47. The first-order chi connectivity index (χ1) is 11.4. The van der Waals surface area contributed by atoms with Crippen LogP contribution >= 0.6 is 0 Å². The summed E-state index contributed by atoms with van der Waals surface area (Å²) in [6.07, 6.45) is 2.25. The van der Waals surface area contributed by atoms with Crippen LogP contribution in [0.2, 0.25) is 0 Å². The standard InChI is InChI=1S/C19H20N4/c20-9-11-21-14-5-3-4-13(12-14)15-8-10-22-19-18(15)16-6-1-2-7-17(16)23-19/h1-8,12,21-23H,9-11,20H2. The van der Waals surface area contributed by atoms with Crippen molar-refractivity contribution in [1.29, 1.82) is 0 Å². The van der Waals surface area contributed by atoms with Crippen molar-refractivity contribution in [1.82, 2.24) is 4.98 Å². The second kappa shape index (κ2) is 5.82. The second-order valence-electron chi connectivity index (χ2n) is 5.72. The molecule has 23 heavy (non-hydrogen) atoms. The molecule has 0 unspecified atom stereocenters. The Morgan fingerprint density at radius 1 is 1.09 bits per heavy atom. The minimum Gasteiger partial charge on any atom is -0.384 e. The first-order valence-electron chi connectivity index (χ1n) is 7.96. The highest BCUT2D eigenvalue weighted by Crippen LogP contribution is 2.38. The van der Waals surface area contributed by atoms with Gasteiger partial charge in [-0.15, -0.1) is 0 Å². The molecular weight excluding hydrogens is 284 g/mol. The predicted molar refractivity (Wildman–Crippen MR) is 97.9 cm³/mol. The molecule has 3 aromatic rings. The van der Waals surface area contributed by atoms with Crippen molar-refractivity contribution >= 4 is 28.0 Å². The van der Waals surface area contributed by atoms with Crippen molar-refractivity contribution in [2.24, 2.45) is 5.73 Å². The number of rotatable bonds is 4. The van der Waals surface area contributed by atoms with E-state index in [4.69, 9.17) is 5.73 Å². The van der Waals surface area contributed by atoms with Gasteiger partial charge in [-0.25, -0.2) is 0 Å². The summed E-state index contributed by atoms with van der Waals surface area (Å²) in [7, 11) is 0. The van der Waals surface area contributed by atoms with E-state index in [0.717, 1.165) is 30.1 Å². The quantitative estimate of drug-likeness (QED) is 0.597. The Hall–Kier alpha value is -2.72. The third-order valence-electron chi connectivity index (χ3n) is 4.21. The molecule has 0 aliphatic carbocycles. The molecule has 116 valence electrons. The number of anilines is 2. The number of hydrogen-bond acceptors (Lipinski definition) is 3. The van der Waals surface area contributed by atoms with Gasteiger partial charge in [0.05, 0.1) is 0 Å². The van der Waals surface area contributed by atoms with Crippen molar-refractivity contribution < 1.29 is 0 Å². The van der Waals surface area contributed by atoms with E-state index in [1.807, 2.05) is 0 Å². The molecule has 1 aliphatic rings. The summed E-state index contributed by atoms with van der Waals surface area (Å²) in [4.78, 5) is 3.48. The van der Waals surface area contributed by atoms with Gasteiger partial charge in [-0.05, 0) is 29.3 Å². The fraction of sp³-hybridized carbons (Fsp3) is 0.158. The zero-order chi connectivity index (χ0) is 15.6. The lowest BCUT2D eigenvalue weighted by Crippen LogP contribution is -2.13. The number of nitrogens with two attached hydrogens (primary N) is 1. The van der Waals surface area contributed by atoms with Crippen LogP contribution < -0.4 is 16.4 Å². The van der Waals surface area contributed by atoms with E-state index in [0.29, 0.717) is 6.54 Å². The second-order valence-corrected chi connectivity index (χ2v) is 5.72. The minimum atomic E-state index is 0.628. The molecule has 1 aromatic heterocycles.